The third-order valence-electron chi connectivity index (χ3n) is 3.36. The second kappa shape index (κ2) is 7.11. The SMILES string of the molecule is O=C(Cc1ccc(Cl)cc1)NCc1cc(-c2ccccc2)on1. The molecule has 0 radical (unpaired) electrons. The molecule has 3 aromatic rings. The Morgan fingerprint density at radius 1 is 1.09 bits per heavy atom. The summed E-state index contributed by atoms with van der Waals surface area (Å²) in [6.45, 7) is 0.336. The van der Waals surface area contributed by atoms with Crippen LogP contribution in [0.1, 0.15) is 11.3 Å². The molecule has 0 saturated carbocycles. The van der Waals surface area contributed by atoms with Gasteiger partial charge in [-0.25, -0.2) is 0 Å². The summed E-state index contributed by atoms with van der Waals surface area (Å²) in [5, 5.41) is 7.47. The molecule has 1 aromatic heterocycles. The van der Waals surface area contributed by atoms with Crippen molar-refractivity contribution in [2.75, 3.05) is 0 Å². The molecule has 1 N–H and O–H groups in total. The quantitative estimate of drug-likeness (QED) is 0.774. The number of nitrogens with one attached hydrogen (secondary N) is 1. The number of amides is 1. The van der Waals surface area contributed by atoms with E-state index in [-0.39, 0.29) is 5.91 Å². The van der Waals surface area contributed by atoms with Gasteiger partial charge in [-0.1, -0.05) is 59.2 Å². The number of nitrogens with zero attached hydrogens (tertiary/aromatic N) is 1. The van der Waals surface area contributed by atoms with Crippen molar-refractivity contribution in [2.45, 2.75) is 13.0 Å². The predicted molar refractivity (Wildman–Crippen MR) is 88.9 cm³/mol. The number of carbonyl (C=O) groups excluding carboxylic acids is 1. The molecule has 0 fully saturated rings. The molecule has 0 spiro atoms. The van der Waals surface area contributed by atoms with E-state index in [9.17, 15) is 4.79 Å². The molecule has 4 nitrogen and oxygen atoms in total. The largest absolute Gasteiger partial charge is 0.356 e. The molecule has 23 heavy (non-hydrogen) atoms. The van der Waals surface area contributed by atoms with Crippen LogP contribution in [0.2, 0.25) is 5.02 Å². The van der Waals surface area contributed by atoms with E-state index in [2.05, 4.69) is 10.5 Å². The standard InChI is InChI=1S/C18H15ClN2O2/c19-15-8-6-13(7-9-15)10-18(22)20-12-16-11-17(23-21-16)14-4-2-1-3-5-14/h1-9,11H,10,12H2,(H,20,22). The summed E-state index contributed by atoms with van der Waals surface area (Å²) in [4.78, 5) is 11.9. The molecule has 0 aliphatic carbocycles. The second-order valence-corrected chi connectivity index (χ2v) is 5.56. The normalized spacial score (nSPS) is 10.5. The minimum Gasteiger partial charge on any atom is -0.356 e. The van der Waals surface area contributed by atoms with Crippen LogP contribution in [0, 0.1) is 0 Å². The van der Waals surface area contributed by atoms with Crippen molar-refractivity contribution in [3.63, 3.8) is 0 Å². The summed E-state index contributed by atoms with van der Waals surface area (Å²) < 4.78 is 5.30. The van der Waals surface area contributed by atoms with Crippen LogP contribution >= 0.6 is 11.6 Å². The van der Waals surface area contributed by atoms with Crippen molar-refractivity contribution in [3.8, 4) is 11.3 Å². The van der Waals surface area contributed by atoms with Gasteiger partial charge in [-0.05, 0) is 17.7 Å². The first kappa shape index (κ1) is 15.3. The average Bonchev–Trinajstić information content (AvgIpc) is 3.05. The van der Waals surface area contributed by atoms with E-state index in [0.29, 0.717) is 29.4 Å². The van der Waals surface area contributed by atoms with Gasteiger partial charge in [-0.2, -0.15) is 0 Å². The Morgan fingerprint density at radius 2 is 1.83 bits per heavy atom. The van der Waals surface area contributed by atoms with Crippen molar-refractivity contribution in [1.82, 2.24) is 10.5 Å². The lowest BCUT2D eigenvalue weighted by molar-refractivity contribution is -0.120. The van der Waals surface area contributed by atoms with Gasteiger partial charge in [0.2, 0.25) is 5.91 Å². The van der Waals surface area contributed by atoms with Crippen LogP contribution in [0.4, 0.5) is 0 Å². The zero-order chi connectivity index (χ0) is 16.1. The molecular formula is C18H15ClN2O2. The van der Waals surface area contributed by atoms with Crippen LogP contribution in [0.3, 0.4) is 0 Å². The minimum atomic E-state index is -0.0726. The number of rotatable bonds is 5. The Balaban J connectivity index is 1.55. The van der Waals surface area contributed by atoms with Crippen molar-refractivity contribution in [1.29, 1.82) is 0 Å². The number of carbonyl (C=O) groups is 1. The third kappa shape index (κ3) is 4.20. The third-order valence-corrected chi connectivity index (χ3v) is 3.61. The zero-order valence-electron chi connectivity index (χ0n) is 12.3. The summed E-state index contributed by atoms with van der Waals surface area (Å²) in [5.41, 5.74) is 2.56. The van der Waals surface area contributed by atoms with Crippen molar-refractivity contribution in [3.05, 3.63) is 76.9 Å². The average molecular weight is 327 g/mol. The monoisotopic (exact) mass is 326 g/mol. The molecule has 5 heteroatoms. The highest BCUT2D eigenvalue weighted by atomic mass is 35.5. The number of hydrogen-bond acceptors (Lipinski definition) is 3. The van der Waals surface area contributed by atoms with Crippen LogP contribution in [-0.2, 0) is 17.8 Å². The van der Waals surface area contributed by atoms with Gasteiger partial charge in [-0.15, -0.1) is 0 Å². The van der Waals surface area contributed by atoms with E-state index in [4.69, 9.17) is 16.1 Å². The molecule has 3 rings (SSSR count). The molecular weight excluding hydrogens is 312 g/mol. The maximum Gasteiger partial charge on any atom is 0.224 e. The Kier molecular flexibility index (Phi) is 4.74. The molecule has 1 heterocycles. The van der Waals surface area contributed by atoms with Crippen molar-refractivity contribution >= 4 is 17.5 Å². The molecule has 0 saturated heterocycles. The summed E-state index contributed by atoms with van der Waals surface area (Å²) in [7, 11) is 0. The highest BCUT2D eigenvalue weighted by Gasteiger charge is 2.08. The lowest BCUT2D eigenvalue weighted by atomic mass is 10.1. The van der Waals surface area contributed by atoms with Crippen LogP contribution in [0.15, 0.2) is 65.2 Å². The Hall–Kier alpha value is -2.59. The fourth-order valence-electron chi connectivity index (χ4n) is 2.17. The predicted octanol–water partition coefficient (Wildman–Crippen LogP) is 3.85. The van der Waals surface area contributed by atoms with Gasteiger partial charge in [0, 0.05) is 16.7 Å². The van der Waals surface area contributed by atoms with Crippen LogP contribution < -0.4 is 5.32 Å². The van der Waals surface area contributed by atoms with Gasteiger partial charge in [0.05, 0.1) is 13.0 Å². The lowest BCUT2D eigenvalue weighted by Crippen LogP contribution is -2.24. The number of halogens is 1. The van der Waals surface area contributed by atoms with Gasteiger partial charge < -0.3 is 9.84 Å². The summed E-state index contributed by atoms with van der Waals surface area (Å²) in [6, 6.07) is 18.8. The highest BCUT2D eigenvalue weighted by molar-refractivity contribution is 6.30. The molecule has 0 aliphatic heterocycles. The zero-order valence-corrected chi connectivity index (χ0v) is 13.1. The number of benzene rings is 2. The molecule has 116 valence electrons. The fourth-order valence-corrected chi connectivity index (χ4v) is 2.30. The van der Waals surface area contributed by atoms with Gasteiger partial charge in [0.1, 0.15) is 5.69 Å². The molecule has 1 amide bonds. The van der Waals surface area contributed by atoms with E-state index >= 15 is 0 Å². The van der Waals surface area contributed by atoms with E-state index in [1.807, 2.05) is 48.5 Å². The number of aromatic nitrogens is 1. The first-order chi connectivity index (χ1) is 11.2. The first-order valence-electron chi connectivity index (χ1n) is 7.23. The maximum absolute atomic E-state index is 11.9. The summed E-state index contributed by atoms with van der Waals surface area (Å²) in [5.74, 6) is 0.615. The van der Waals surface area contributed by atoms with Crippen LogP contribution in [-0.4, -0.2) is 11.1 Å². The summed E-state index contributed by atoms with van der Waals surface area (Å²) in [6.07, 6.45) is 0.306. The second-order valence-electron chi connectivity index (χ2n) is 5.13. The Labute approximate surface area is 139 Å². The lowest BCUT2D eigenvalue weighted by Gasteiger charge is -2.03. The molecule has 0 unspecified atom stereocenters. The van der Waals surface area contributed by atoms with Gasteiger partial charge in [0.15, 0.2) is 5.76 Å². The van der Waals surface area contributed by atoms with E-state index in [1.165, 1.54) is 0 Å². The first-order valence-corrected chi connectivity index (χ1v) is 7.60. The van der Waals surface area contributed by atoms with Gasteiger partial charge in [0.25, 0.3) is 0 Å². The maximum atomic E-state index is 11.9. The number of hydrogen-bond donors (Lipinski definition) is 1. The van der Waals surface area contributed by atoms with Crippen molar-refractivity contribution in [2.24, 2.45) is 0 Å². The Bertz CT molecular complexity index is 782. The molecule has 2 aromatic carbocycles. The van der Waals surface area contributed by atoms with E-state index in [1.54, 1.807) is 12.1 Å². The smallest absolute Gasteiger partial charge is 0.224 e. The van der Waals surface area contributed by atoms with E-state index < -0.39 is 0 Å². The summed E-state index contributed by atoms with van der Waals surface area (Å²) >= 11 is 5.82. The van der Waals surface area contributed by atoms with Crippen LogP contribution in [0.25, 0.3) is 11.3 Å². The topological polar surface area (TPSA) is 55.1 Å². The van der Waals surface area contributed by atoms with Gasteiger partial charge >= 0.3 is 0 Å². The molecule has 0 aliphatic rings. The molecule has 0 atom stereocenters. The van der Waals surface area contributed by atoms with Crippen LogP contribution in [0.5, 0.6) is 0 Å². The van der Waals surface area contributed by atoms with E-state index in [0.717, 1.165) is 11.1 Å². The molecule has 0 bridgehead atoms. The highest BCUT2D eigenvalue weighted by Crippen LogP contribution is 2.19. The van der Waals surface area contributed by atoms with Crippen molar-refractivity contribution < 1.29 is 9.32 Å². The van der Waals surface area contributed by atoms with Gasteiger partial charge in [-0.3, -0.25) is 4.79 Å². The Morgan fingerprint density at radius 3 is 2.57 bits per heavy atom. The minimum absolute atomic E-state index is 0.0726. The fraction of sp³-hybridized carbons (Fsp3) is 0.111.